The first kappa shape index (κ1) is 106. The zero-order valence-corrected chi connectivity index (χ0v) is 71.6. The van der Waals surface area contributed by atoms with Gasteiger partial charge in [0.05, 0.1) is 26.4 Å². The predicted molar refractivity (Wildman–Crippen MR) is 463 cm³/mol. The molecular formula is C93H158O16P2. The van der Waals surface area contributed by atoms with E-state index in [0.29, 0.717) is 19.3 Å². The summed E-state index contributed by atoms with van der Waals surface area (Å²) in [7, 11) is -9.81. The summed E-state index contributed by atoms with van der Waals surface area (Å²) in [6.07, 6.45) is 107. The quantitative estimate of drug-likeness (QED) is 0.0146. The number of phosphoric acid groups is 2. The van der Waals surface area contributed by atoms with Crippen molar-refractivity contribution in [3.05, 3.63) is 158 Å². The molecule has 16 nitrogen and oxygen atoms in total. The molecule has 0 fully saturated rings. The van der Waals surface area contributed by atoms with Gasteiger partial charge in [-0.1, -0.05) is 346 Å². The van der Waals surface area contributed by atoms with Crippen molar-refractivity contribution in [1.29, 1.82) is 0 Å². The van der Waals surface area contributed by atoms with Crippen molar-refractivity contribution < 1.29 is 75.8 Å². The lowest BCUT2D eigenvalue weighted by Gasteiger charge is -2.21. The van der Waals surface area contributed by atoms with Crippen molar-refractivity contribution in [2.75, 3.05) is 39.6 Å². The maximum absolute atomic E-state index is 13.0. The van der Waals surface area contributed by atoms with Crippen molar-refractivity contribution in [2.24, 2.45) is 0 Å². The number of carbonyl (C=O) groups excluding carboxylic acids is 3. The van der Waals surface area contributed by atoms with Gasteiger partial charge in [0.15, 0.2) is 6.10 Å². The molecule has 0 saturated heterocycles. The van der Waals surface area contributed by atoms with Crippen molar-refractivity contribution in [1.82, 2.24) is 0 Å². The topological polar surface area (TPSA) is 231 Å². The Hall–Kier alpha value is -4.83. The van der Waals surface area contributed by atoms with Gasteiger partial charge in [0.25, 0.3) is 0 Å². The van der Waals surface area contributed by atoms with E-state index >= 15 is 0 Å². The summed E-state index contributed by atoms with van der Waals surface area (Å²) in [6, 6.07) is 0. The monoisotopic (exact) mass is 1590 g/mol. The number of allylic oxidation sites excluding steroid dienone is 26. The second-order valence-electron chi connectivity index (χ2n) is 28.9. The second-order valence-corrected chi connectivity index (χ2v) is 31.8. The van der Waals surface area contributed by atoms with Crippen LogP contribution in [0.1, 0.15) is 355 Å². The summed E-state index contributed by atoms with van der Waals surface area (Å²) < 4.78 is 61.4. The summed E-state index contributed by atoms with van der Waals surface area (Å²) in [5, 5.41) is 20.7. The van der Waals surface area contributed by atoms with Gasteiger partial charge in [-0.05, 0) is 148 Å². The number of aliphatic hydroxyl groups is 2. The lowest BCUT2D eigenvalue weighted by atomic mass is 10.0. The number of esters is 3. The summed E-state index contributed by atoms with van der Waals surface area (Å²) in [5.74, 6) is -1.59. The van der Waals surface area contributed by atoms with Crippen LogP contribution in [0.2, 0.25) is 0 Å². The van der Waals surface area contributed by atoms with E-state index < -0.39 is 91.5 Å². The number of ether oxygens (including phenoxy) is 3. The molecule has 0 saturated carbocycles. The zero-order chi connectivity index (χ0) is 80.8. The Labute approximate surface area is 676 Å². The molecule has 0 amide bonds. The van der Waals surface area contributed by atoms with E-state index in [0.717, 1.165) is 173 Å². The number of unbranched alkanes of at least 4 members (excludes halogenated alkanes) is 33. The third-order valence-corrected chi connectivity index (χ3v) is 20.1. The molecule has 0 aromatic carbocycles. The molecule has 4 N–H and O–H groups in total. The minimum atomic E-state index is -4.95. The molecule has 0 aliphatic rings. The van der Waals surface area contributed by atoms with Crippen LogP contribution in [0.4, 0.5) is 0 Å². The maximum atomic E-state index is 13.0. The fourth-order valence-electron chi connectivity index (χ4n) is 11.6. The molecule has 0 aliphatic carbocycles. The van der Waals surface area contributed by atoms with Crippen LogP contribution in [0, 0.1) is 0 Å². The number of phosphoric ester groups is 2. The van der Waals surface area contributed by atoms with Gasteiger partial charge in [0, 0.05) is 19.3 Å². The Balaban J connectivity index is 4.60. The van der Waals surface area contributed by atoms with Gasteiger partial charge in [0.2, 0.25) is 0 Å². The molecule has 0 aliphatic heterocycles. The zero-order valence-electron chi connectivity index (χ0n) is 69.8. The first-order valence-corrected chi connectivity index (χ1v) is 46.8. The van der Waals surface area contributed by atoms with Crippen molar-refractivity contribution in [2.45, 2.75) is 373 Å². The predicted octanol–water partition coefficient (Wildman–Crippen LogP) is 26.5. The van der Waals surface area contributed by atoms with E-state index in [-0.39, 0.29) is 19.3 Å². The Bertz CT molecular complexity index is 2650. The van der Waals surface area contributed by atoms with Crippen molar-refractivity contribution in [3.63, 3.8) is 0 Å². The highest BCUT2D eigenvalue weighted by molar-refractivity contribution is 7.47. The summed E-state index contributed by atoms with van der Waals surface area (Å²) in [5.41, 5.74) is 0. The van der Waals surface area contributed by atoms with Gasteiger partial charge in [-0.25, -0.2) is 9.13 Å². The first-order chi connectivity index (χ1) is 54.2. The highest BCUT2D eigenvalue weighted by Crippen LogP contribution is 2.45. The average molecular weight is 1590 g/mol. The van der Waals surface area contributed by atoms with E-state index in [2.05, 4.69) is 179 Å². The Morgan fingerprint density at radius 1 is 0.261 bits per heavy atom. The van der Waals surface area contributed by atoms with Crippen LogP contribution >= 0.6 is 15.6 Å². The lowest BCUT2D eigenvalue weighted by Crippen LogP contribution is -2.30. The molecule has 111 heavy (non-hydrogen) atoms. The summed E-state index contributed by atoms with van der Waals surface area (Å²) in [4.78, 5) is 58.9. The van der Waals surface area contributed by atoms with Gasteiger partial charge in [-0.2, -0.15) is 0 Å². The molecule has 5 unspecified atom stereocenters. The molecule has 636 valence electrons. The molecular weight excluding hydrogens is 1430 g/mol. The van der Waals surface area contributed by atoms with Gasteiger partial charge >= 0.3 is 33.6 Å². The highest BCUT2D eigenvalue weighted by Gasteiger charge is 2.29. The first-order valence-electron chi connectivity index (χ1n) is 43.8. The van der Waals surface area contributed by atoms with E-state index in [1.807, 2.05) is 0 Å². The second kappa shape index (κ2) is 84.6. The third kappa shape index (κ3) is 85.9. The van der Waals surface area contributed by atoms with Crippen LogP contribution in [0.3, 0.4) is 0 Å². The summed E-state index contributed by atoms with van der Waals surface area (Å²) >= 11 is 0. The number of rotatable bonds is 82. The standard InChI is InChI=1S/C93H158O16P2/c1-4-7-10-13-16-19-22-25-28-31-34-36-38-40-42-43-45-47-48-50-53-55-58-61-64-67-70-73-76-79-91(96)103-82-88(94)83-105-110(99,100)106-84-89(95)85-107-111(101,102)108-87-90(109-93(98)81-78-75-72-69-66-63-60-57-52-33-30-27-24-21-18-15-12-9-6-3)86-104-92(97)80-77-74-71-68-65-62-59-56-54-51-49-46-44-41-39-37-35-32-29-26-23-20-17-14-11-8-5-2/h7,9-10,12,16-21,25-30,34-37,40-42,44,52,57,88-90,94-95H,4-6,8,11,13-15,22-24,31-33,38-39,43,45-51,53-56,58-87H2,1-3H3,(H,99,100)(H,101,102)/b10-7-,12-9-,19-16-,20-17-,21-18-,28-25-,29-26-,30-27-,36-34-,37-35-,42-40-,44-41-,57-52-. The van der Waals surface area contributed by atoms with Crippen LogP contribution in [0.25, 0.3) is 0 Å². The van der Waals surface area contributed by atoms with Gasteiger partial charge in [-0.3, -0.25) is 32.5 Å². The fourth-order valence-corrected chi connectivity index (χ4v) is 13.2. The molecule has 18 heteroatoms. The molecule has 0 heterocycles. The van der Waals surface area contributed by atoms with E-state index in [4.69, 9.17) is 32.3 Å². The maximum Gasteiger partial charge on any atom is 0.472 e. The van der Waals surface area contributed by atoms with Gasteiger partial charge in [-0.15, -0.1) is 0 Å². The lowest BCUT2D eigenvalue weighted by molar-refractivity contribution is -0.161. The van der Waals surface area contributed by atoms with Crippen molar-refractivity contribution in [3.8, 4) is 0 Å². The van der Waals surface area contributed by atoms with Gasteiger partial charge in [0.1, 0.15) is 25.4 Å². The number of aliphatic hydroxyl groups excluding tert-OH is 2. The van der Waals surface area contributed by atoms with Crippen LogP contribution in [0.15, 0.2) is 158 Å². The van der Waals surface area contributed by atoms with E-state index in [1.54, 1.807) is 0 Å². The Morgan fingerprint density at radius 2 is 0.477 bits per heavy atom. The van der Waals surface area contributed by atoms with Gasteiger partial charge < -0.3 is 34.2 Å². The Morgan fingerprint density at radius 3 is 0.757 bits per heavy atom. The van der Waals surface area contributed by atoms with Crippen LogP contribution in [-0.4, -0.2) is 95.9 Å². The minimum absolute atomic E-state index is 0.0841. The van der Waals surface area contributed by atoms with Crippen LogP contribution in [-0.2, 0) is 55.8 Å². The average Bonchev–Trinajstić information content (AvgIpc) is 0.900. The molecule has 0 bridgehead atoms. The van der Waals surface area contributed by atoms with E-state index in [9.17, 15) is 43.5 Å². The molecule has 0 radical (unpaired) electrons. The molecule has 0 aromatic rings. The molecule has 0 aromatic heterocycles. The van der Waals surface area contributed by atoms with Crippen LogP contribution in [0.5, 0.6) is 0 Å². The minimum Gasteiger partial charge on any atom is -0.463 e. The molecule has 0 spiro atoms. The van der Waals surface area contributed by atoms with Crippen LogP contribution < -0.4 is 0 Å². The SMILES string of the molecule is CC/C=C\C/C=C\C/C=C\C/C=C\C/C=C\CCCCCCCCCCCCCCCC(=O)OCC(O)COP(=O)(O)OCC(O)COP(=O)(O)OCC(COC(=O)CCCCCCCCCCCCC/C=C\C/C=C\C/C=C\C/C=C\CCCCC)OC(=O)CCCCCCCC/C=C\C/C=C\C/C=C\C/C=C\CC. The number of hydrogen-bond acceptors (Lipinski definition) is 14. The highest BCUT2D eigenvalue weighted by atomic mass is 31.2. The third-order valence-electron chi connectivity index (χ3n) is 18.2. The normalized spacial score (nSPS) is 14.6. The van der Waals surface area contributed by atoms with E-state index in [1.165, 1.54) is 122 Å². The number of carbonyl (C=O) groups is 3. The molecule has 0 rings (SSSR count). The molecule has 5 atom stereocenters. The summed E-state index contributed by atoms with van der Waals surface area (Å²) in [6.45, 7) is 2.44. The number of hydrogen-bond donors (Lipinski definition) is 4. The van der Waals surface area contributed by atoms with Crippen molar-refractivity contribution >= 4 is 33.6 Å². The smallest absolute Gasteiger partial charge is 0.463 e. The Kier molecular flexibility index (Phi) is 80.9. The largest absolute Gasteiger partial charge is 0.472 e. The fraction of sp³-hybridized carbons (Fsp3) is 0.688.